The number of ether oxygens (including phenoxy) is 2. The first-order chi connectivity index (χ1) is 16.6. The molecule has 6 rings (SSSR count). The van der Waals surface area contributed by atoms with E-state index in [9.17, 15) is 10.4 Å². The number of benzene rings is 4. The molecule has 164 valence electrons. The largest absolute Gasteiger partial charge is 0.504 e. The van der Waals surface area contributed by atoms with Gasteiger partial charge in [-0.2, -0.15) is 5.26 Å². The van der Waals surface area contributed by atoms with Gasteiger partial charge >= 0.3 is 0 Å². The summed E-state index contributed by atoms with van der Waals surface area (Å²) in [5, 5.41) is 21.9. The number of hydrogen-bond acceptors (Lipinski definition) is 7. The molecule has 1 atom stereocenters. The fraction of sp³-hybridized carbons (Fsp3) is 0.0741. The average molecular weight is 446 g/mol. The van der Waals surface area contributed by atoms with E-state index in [0.29, 0.717) is 33.7 Å². The molecule has 1 aliphatic rings. The van der Waals surface area contributed by atoms with Crippen LogP contribution in [0.25, 0.3) is 32.8 Å². The van der Waals surface area contributed by atoms with Crippen molar-refractivity contribution in [3.8, 4) is 23.3 Å². The van der Waals surface area contributed by atoms with E-state index in [-0.39, 0.29) is 17.2 Å². The second-order valence-corrected chi connectivity index (χ2v) is 8.05. The highest BCUT2D eigenvalue weighted by atomic mass is 16.5. The van der Waals surface area contributed by atoms with E-state index >= 15 is 0 Å². The van der Waals surface area contributed by atoms with E-state index in [1.54, 1.807) is 18.2 Å². The molecule has 2 heterocycles. The molecule has 0 saturated carbocycles. The summed E-state index contributed by atoms with van der Waals surface area (Å²) >= 11 is 0. The summed E-state index contributed by atoms with van der Waals surface area (Å²) < 4.78 is 11.4. The molecule has 0 saturated heterocycles. The normalized spacial score (nSPS) is 15.2. The summed E-state index contributed by atoms with van der Waals surface area (Å²) in [7, 11) is 1.48. The zero-order valence-electron chi connectivity index (χ0n) is 18.1. The molecule has 0 fully saturated rings. The molecule has 1 unspecified atom stereocenters. The summed E-state index contributed by atoms with van der Waals surface area (Å²) in [6.45, 7) is 0. The van der Waals surface area contributed by atoms with E-state index in [0.717, 1.165) is 21.8 Å². The minimum absolute atomic E-state index is 0.00291. The molecule has 7 heteroatoms. The lowest BCUT2D eigenvalue weighted by atomic mass is 9.81. The van der Waals surface area contributed by atoms with Gasteiger partial charge in [-0.1, -0.05) is 42.5 Å². The summed E-state index contributed by atoms with van der Waals surface area (Å²) in [5.74, 6) is 0.281. The van der Waals surface area contributed by atoms with Crippen LogP contribution in [0.1, 0.15) is 17.0 Å². The molecule has 5 aromatic rings. The second-order valence-electron chi connectivity index (χ2n) is 8.05. The molecule has 1 aromatic heterocycles. The number of allylic oxidation sites excluding steroid dienone is 1. The van der Waals surface area contributed by atoms with Crippen molar-refractivity contribution in [3.63, 3.8) is 0 Å². The van der Waals surface area contributed by atoms with E-state index in [1.807, 2.05) is 48.5 Å². The number of phenols is 1. The van der Waals surface area contributed by atoms with Gasteiger partial charge in [-0.05, 0) is 29.8 Å². The third kappa shape index (κ3) is 2.76. The average Bonchev–Trinajstić information content (AvgIpc) is 2.87. The zero-order chi connectivity index (χ0) is 23.4. The zero-order valence-corrected chi connectivity index (χ0v) is 18.1. The number of phenolic OH excluding ortho intramolecular Hbond substituents is 1. The Balaban J connectivity index is 1.80. The molecule has 0 spiro atoms. The molecule has 0 aliphatic carbocycles. The predicted octanol–water partition coefficient (Wildman–Crippen LogP) is 4.87. The van der Waals surface area contributed by atoms with Crippen LogP contribution in [-0.2, 0) is 0 Å². The summed E-state index contributed by atoms with van der Waals surface area (Å²) in [6, 6.07) is 22.7. The van der Waals surface area contributed by atoms with Crippen LogP contribution >= 0.6 is 0 Å². The topological polar surface area (TPSA) is 114 Å². The first-order valence-electron chi connectivity index (χ1n) is 10.7. The van der Waals surface area contributed by atoms with Crippen molar-refractivity contribution < 1.29 is 14.6 Å². The number of aromatic nitrogens is 2. The Bertz CT molecular complexity index is 1720. The van der Waals surface area contributed by atoms with Crippen molar-refractivity contribution in [1.29, 1.82) is 5.26 Å². The Kier molecular flexibility index (Phi) is 4.29. The molecule has 3 N–H and O–H groups in total. The number of aromatic hydroxyl groups is 1. The van der Waals surface area contributed by atoms with E-state index in [2.05, 4.69) is 6.07 Å². The third-order valence-corrected chi connectivity index (χ3v) is 6.21. The van der Waals surface area contributed by atoms with Gasteiger partial charge in [0.05, 0.1) is 35.1 Å². The van der Waals surface area contributed by atoms with Crippen LogP contribution in [-0.4, -0.2) is 22.2 Å². The lowest BCUT2D eigenvalue weighted by Crippen LogP contribution is -2.22. The fourth-order valence-electron chi connectivity index (χ4n) is 4.67. The molecule has 4 aromatic carbocycles. The number of rotatable bonds is 2. The quantitative estimate of drug-likeness (QED) is 0.294. The van der Waals surface area contributed by atoms with Gasteiger partial charge in [0, 0.05) is 16.3 Å². The van der Waals surface area contributed by atoms with Crippen molar-refractivity contribution in [3.05, 3.63) is 89.3 Å². The molecular formula is C27H18N4O3. The Morgan fingerprint density at radius 2 is 1.65 bits per heavy atom. The van der Waals surface area contributed by atoms with Crippen molar-refractivity contribution in [1.82, 2.24) is 9.97 Å². The first-order valence-corrected chi connectivity index (χ1v) is 10.7. The van der Waals surface area contributed by atoms with Gasteiger partial charge in [0.1, 0.15) is 17.4 Å². The van der Waals surface area contributed by atoms with Crippen molar-refractivity contribution >= 4 is 32.8 Å². The molecular weight excluding hydrogens is 428 g/mol. The van der Waals surface area contributed by atoms with E-state index in [1.165, 1.54) is 7.11 Å². The maximum Gasteiger partial charge on any atom is 0.205 e. The Morgan fingerprint density at radius 3 is 2.35 bits per heavy atom. The number of methoxy groups -OCH3 is 1. The van der Waals surface area contributed by atoms with E-state index < -0.39 is 5.92 Å². The van der Waals surface area contributed by atoms with Crippen LogP contribution in [0.15, 0.2) is 78.2 Å². The smallest absolute Gasteiger partial charge is 0.205 e. The Morgan fingerprint density at radius 1 is 0.971 bits per heavy atom. The van der Waals surface area contributed by atoms with Crippen molar-refractivity contribution in [2.75, 3.05) is 7.11 Å². The minimum atomic E-state index is -0.592. The van der Waals surface area contributed by atoms with Gasteiger partial charge in [0.25, 0.3) is 0 Å². The van der Waals surface area contributed by atoms with Crippen molar-refractivity contribution in [2.24, 2.45) is 5.73 Å². The number of nitriles is 1. The van der Waals surface area contributed by atoms with Gasteiger partial charge in [0.2, 0.25) is 5.88 Å². The SMILES string of the molecule is COc1cc(C2C(C#N)=C(N)Oc3c2c2nc4ccccc4nc2c2ccccc32)ccc1O. The number of para-hydroxylation sites is 2. The standard InChI is InChI=1S/C27H18N4O3/c1-33-21-12-14(10-11-20(21)32)22-17(13-28)27(29)34-26-16-7-3-2-6-15(16)24-25(23(22)26)31-19-9-5-4-8-18(19)30-24/h2-12,22,32H,29H2,1H3. The monoisotopic (exact) mass is 446 g/mol. The summed E-state index contributed by atoms with van der Waals surface area (Å²) in [6.07, 6.45) is 0. The number of fused-ring (bicyclic) bond motifs is 7. The van der Waals surface area contributed by atoms with E-state index in [4.69, 9.17) is 25.2 Å². The number of hydrogen-bond donors (Lipinski definition) is 2. The molecule has 34 heavy (non-hydrogen) atoms. The molecule has 0 bridgehead atoms. The second kappa shape index (κ2) is 7.36. The third-order valence-electron chi connectivity index (χ3n) is 6.21. The maximum absolute atomic E-state index is 10.2. The van der Waals surface area contributed by atoms with Gasteiger partial charge in [-0.3, -0.25) is 0 Å². The highest BCUT2D eigenvalue weighted by Crippen LogP contribution is 2.49. The van der Waals surface area contributed by atoms with Crippen LogP contribution in [0.4, 0.5) is 0 Å². The molecule has 1 aliphatic heterocycles. The predicted molar refractivity (Wildman–Crippen MR) is 129 cm³/mol. The Labute approximate surface area is 194 Å². The number of nitrogens with zero attached hydrogens (tertiary/aromatic N) is 3. The van der Waals surface area contributed by atoms with Crippen LogP contribution in [0, 0.1) is 11.3 Å². The molecule has 7 nitrogen and oxygen atoms in total. The van der Waals surface area contributed by atoms with Gasteiger partial charge in [-0.15, -0.1) is 0 Å². The summed E-state index contributed by atoms with van der Waals surface area (Å²) in [4.78, 5) is 9.92. The maximum atomic E-state index is 10.2. The lowest BCUT2D eigenvalue weighted by molar-refractivity contribution is 0.372. The lowest BCUT2D eigenvalue weighted by Gasteiger charge is -2.29. The molecule has 0 amide bonds. The van der Waals surface area contributed by atoms with Crippen LogP contribution in [0.3, 0.4) is 0 Å². The van der Waals surface area contributed by atoms with Gasteiger partial charge < -0.3 is 20.3 Å². The Hall–Kier alpha value is -4.83. The molecule has 0 radical (unpaired) electrons. The van der Waals surface area contributed by atoms with Crippen molar-refractivity contribution in [2.45, 2.75) is 5.92 Å². The first kappa shape index (κ1) is 19.8. The fourth-order valence-corrected chi connectivity index (χ4v) is 4.67. The van der Waals surface area contributed by atoms with Crippen LogP contribution in [0.5, 0.6) is 17.2 Å². The van der Waals surface area contributed by atoms with Gasteiger partial charge in [-0.25, -0.2) is 9.97 Å². The van der Waals surface area contributed by atoms with Gasteiger partial charge in [0.15, 0.2) is 11.5 Å². The summed E-state index contributed by atoms with van der Waals surface area (Å²) in [5.41, 5.74) is 10.8. The highest BCUT2D eigenvalue weighted by Gasteiger charge is 2.35. The highest BCUT2D eigenvalue weighted by molar-refractivity contribution is 6.11. The van der Waals surface area contributed by atoms with Crippen LogP contribution < -0.4 is 15.2 Å². The van der Waals surface area contributed by atoms with Crippen LogP contribution in [0.2, 0.25) is 0 Å². The minimum Gasteiger partial charge on any atom is -0.504 e. The number of nitrogens with two attached hydrogens (primary N) is 1.